The van der Waals surface area contributed by atoms with Crippen LogP contribution in [0.4, 0.5) is 0 Å². The van der Waals surface area contributed by atoms with Crippen molar-refractivity contribution in [1.29, 1.82) is 0 Å². The average Bonchev–Trinajstić information content (AvgIpc) is 3.77. The van der Waals surface area contributed by atoms with Crippen LogP contribution >= 0.6 is 0 Å². The third-order valence-corrected chi connectivity index (χ3v) is 10.3. The molecule has 0 spiro atoms. The largest absolute Gasteiger partial charge is 0.481 e. The second-order valence-corrected chi connectivity index (χ2v) is 13.5. The van der Waals surface area contributed by atoms with Crippen LogP contribution in [-0.2, 0) is 16.0 Å². The molecular weight excluding hydrogens is 644 g/mol. The number of aromatic amines is 2. The number of unbranched alkanes of at least 4 members (excludes halogenated alkanes) is 1. The Hall–Kier alpha value is -5.03. The first-order valence-corrected chi connectivity index (χ1v) is 17.9. The van der Waals surface area contributed by atoms with Crippen LogP contribution in [0.2, 0.25) is 0 Å². The minimum Gasteiger partial charge on any atom is -0.481 e. The SMILES string of the molecule is C=Cc1c(C)c2cc3nc(c(CC(=O)NCCNCCCC)c4[nH]c(cc5nc(cc1[nH]2)C(C)=C5CC)c(C)c4C(=O)O)C(CCC(=O)O)C3C. The molecule has 270 valence electrons. The van der Waals surface area contributed by atoms with Crippen LogP contribution in [0, 0.1) is 13.8 Å². The molecule has 5 rings (SSSR count). The molecule has 2 aliphatic rings. The molecule has 51 heavy (non-hydrogen) atoms. The molecule has 0 saturated heterocycles. The van der Waals surface area contributed by atoms with Gasteiger partial charge in [0.1, 0.15) is 0 Å². The van der Waals surface area contributed by atoms with Crippen LogP contribution < -0.4 is 10.6 Å². The monoisotopic (exact) mass is 694 g/mol. The van der Waals surface area contributed by atoms with E-state index in [1.807, 2.05) is 45.0 Å². The smallest absolute Gasteiger partial charge is 0.338 e. The Labute approximate surface area is 298 Å². The van der Waals surface area contributed by atoms with E-state index in [1.54, 1.807) is 6.92 Å². The number of fused-ring (bicyclic) bond motifs is 8. The number of nitrogens with zero attached hydrogens (tertiary/aromatic N) is 2. The fraction of sp³-hybridized carbons (Fsp3) is 0.425. The van der Waals surface area contributed by atoms with E-state index in [0.717, 1.165) is 70.5 Å². The fourth-order valence-corrected chi connectivity index (χ4v) is 7.32. The number of hydrogen-bond donors (Lipinski definition) is 6. The lowest BCUT2D eigenvalue weighted by atomic mass is 9.85. The molecule has 1 amide bonds. The molecule has 2 aliphatic heterocycles. The number of carbonyl (C=O) groups is 3. The van der Waals surface area contributed by atoms with Crippen molar-refractivity contribution in [1.82, 2.24) is 30.6 Å². The Kier molecular flexibility index (Phi) is 11.6. The molecule has 0 fully saturated rings. The van der Waals surface area contributed by atoms with Crippen molar-refractivity contribution < 1.29 is 24.6 Å². The summed E-state index contributed by atoms with van der Waals surface area (Å²) in [6.45, 7) is 17.9. The zero-order valence-corrected chi connectivity index (χ0v) is 30.5. The summed E-state index contributed by atoms with van der Waals surface area (Å²) in [6, 6.07) is 5.87. The first kappa shape index (κ1) is 37.2. The van der Waals surface area contributed by atoms with Crippen LogP contribution in [0.1, 0.15) is 127 Å². The zero-order valence-electron chi connectivity index (χ0n) is 30.5. The Balaban J connectivity index is 1.87. The van der Waals surface area contributed by atoms with Gasteiger partial charge in [-0.1, -0.05) is 39.8 Å². The molecule has 0 aromatic carbocycles. The van der Waals surface area contributed by atoms with Crippen molar-refractivity contribution in [3.63, 3.8) is 0 Å². The topological polar surface area (TPSA) is 173 Å². The molecule has 11 nitrogen and oxygen atoms in total. The molecule has 0 saturated carbocycles. The summed E-state index contributed by atoms with van der Waals surface area (Å²) in [6.07, 6.45) is 4.66. The van der Waals surface area contributed by atoms with Gasteiger partial charge in [-0.05, 0) is 87.1 Å². The minimum atomic E-state index is -1.14. The predicted octanol–water partition coefficient (Wildman–Crippen LogP) is 7.41. The Morgan fingerprint density at radius 2 is 1.67 bits per heavy atom. The summed E-state index contributed by atoms with van der Waals surface area (Å²) in [4.78, 5) is 55.7. The fourth-order valence-electron chi connectivity index (χ4n) is 7.32. The molecule has 5 heterocycles. The van der Waals surface area contributed by atoms with Gasteiger partial charge in [-0.15, -0.1) is 0 Å². The summed E-state index contributed by atoms with van der Waals surface area (Å²) >= 11 is 0. The van der Waals surface area contributed by atoms with Crippen LogP contribution in [-0.4, -0.2) is 67.6 Å². The zero-order chi connectivity index (χ0) is 37.0. The lowest BCUT2D eigenvalue weighted by molar-refractivity contribution is -0.137. The Morgan fingerprint density at radius 3 is 2.33 bits per heavy atom. The summed E-state index contributed by atoms with van der Waals surface area (Å²) in [5, 5.41) is 26.7. The highest BCUT2D eigenvalue weighted by Crippen LogP contribution is 2.43. The van der Waals surface area contributed by atoms with Crippen LogP contribution in [0.5, 0.6) is 0 Å². The number of H-pyrrole nitrogens is 2. The molecule has 6 N–H and O–H groups in total. The van der Waals surface area contributed by atoms with Gasteiger partial charge in [-0.3, -0.25) is 14.6 Å². The number of allylic oxidation sites excluding steroid dienone is 2. The van der Waals surface area contributed by atoms with Crippen molar-refractivity contribution in [3.8, 4) is 0 Å². The average molecular weight is 695 g/mol. The van der Waals surface area contributed by atoms with E-state index < -0.39 is 11.9 Å². The first-order valence-electron chi connectivity index (χ1n) is 17.9. The van der Waals surface area contributed by atoms with E-state index in [2.05, 4.69) is 41.0 Å². The van der Waals surface area contributed by atoms with Gasteiger partial charge in [-0.2, -0.15) is 0 Å². The Morgan fingerprint density at radius 1 is 0.941 bits per heavy atom. The maximum atomic E-state index is 13.7. The molecule has 8 bridgehead atoms. The van der Waals surface area contributed by atoms with Gasteiger partial charge in [0.05, 0.1) is 34.6 Å². The summed E-state index contributed by atoms with van der Waals surface area (Å²) in [5.41, 5.74) is 10.3. The number of carboxylic acids is 2. The highest BCUT2D eigenvalue weighted by atomic mass is 16.4. The van der Waals surface area contributed by atoms with Crippen molar-refractivity contribution in [2.24, 2.45) is 0 Å². The van der Waals surface area contributed by atoms with Crippen molar-refractivity contribution in [3.05, 3.63) is 75.4 Å². The van der Waals surface area contributed by atoms with Crippen LogP contribution in [0.3, 0.4) is 0 Å². The molecule has 3 aromatic rings. The van der Waals surface area contributed by atoms with Crippen molar-refractivity contribution in [2.75, 3.05) is 19.6 Å². The van der Waals surface area contributed by atoms with E-state index in [9.17, 15) is 24.6 Å². The third kappa shape index (κ3) is 7.68. The van der Waals surface area contributed by atoms with Gasteiger partial charge in [0.25, 0.3) is 0 Å². The summed E-state index contributed by atoms with van der Waals surface area (Å²) < 4.78 is 0. The minimum absolute atomic E-state index is 0.0486. The molecule has 0 radical (unpaired) electrons. The van der Waals surface area contributed by atoms with E-state index in [4.69, 9.17) is 9.97 Å². The molecular formula is C40H50N6O5. The van der Waals surface area contributed by atoms with E-state index in [0.29, 0.717) is 46.6 Å². The van der Waals surface area contributed by atoms with Gasteiger partial charge in [0.2, 0.25) is 5.91 Å². The maximum absolute atomic E-state index is 13.7. The Bertz CT molecular complexity index is 2070. The molecule has 0 aliphatic carbocycles. The number of aromatic carboxylic acids is 1. The van der Waals surface area contributed by atoms with Gasteiger partial charge in [-0.25, -0.2) is 9.78 Å². The number of aromatic nitrogens is 4. The first-order chi connectivity index (χ1) is 24.4. The number of carbonyl (C=O) groups excluding carboxylic acids is 1. The quantitative estimate of drug-likeness (QED) is 0.0946. The van der Waals surface area contributed by atoms with Crippen molar-refractivity contribution in [2.45, 2.75) is 91.9 Å². The number of nitrogens with one attached hydrogen (secondary N) is 4. The van der Waals surface area contributed by atoms with Gasteiger partial charge >= 0.3 is 11.9 Å². The van der Waals surface area contributed by atoms with E-state index in [-0.39, 0.29) is 42.6 Å². The molecule has 2 unspecified atom stereocenters. The number of aryl methyl sites for hydroxylation is 2. The van der Waals surface area contributed by atoms with Crippen LogP contribution in [0.25, 0.3) is 39.3 Å². The molecule has 11 heteroatoms. The number of aliphatic carboxylic acids is 1. The van der Waals surface area contributed by atoms with Crippen molar-refractivity contribution >= 4 is 57.1 Å². The lowest BCUT2D eigenvalue weighted by Crippen LogP contribution is -2.33. The summed E-state index contributed by atoms with van der Waals surface area (Å²) in [5.74, 6) is -2.96. The second kappa shape index (κ2) is 15.9. The number of amides is 1. The standard InChI is InChI=1S/C40H50N6O5/c1-8-11-14-41-15-16-42-35(47)17-28-38-27(12-13-36(48)49)23(6)31(45-38)18-29-21(4)25(9-2)33(43-29)19-30-22(5)26(10-3)34(44-30)20-32-24(7)37(40(50)51)39(28)46-32/h9,18-20,23,27,41,43,46H,2,8,10-17H2,1,3-7H3,(H,42,47)(H,48,49)(H,50,51). The van der Waals surface area contributed by atoms with E-state index >= 15 is 0 Å². The van der Waals surface area contributed by atoms with Crippen LogP contribution in [0.15, 0.2) is 24.8 Å². The van der Waals surface area contributed by atoms with Gasteiger partial charge < -0.3 is 30.8 Å². The normalized spacial score (nSPS) is 15.6. The second-order valence-electron chi connectivity index (χ2n) is 13.5. The number of rotatable bonds is 14. The molecule has 3 aromatic heterocycles. The summed E-state index contributed by atoms with van der Waals surface area (Å²) in [7, 11) is 0. The predicted molar refractivity (Wildman–Crippen MR) is 203 cm³/mol. The molecule has 2 atom stereocenters. The highest BCUT2D eigenvalue weighted by molar-refractivity contribution is 6.03. The van der Waals surface area contributed by atoms with E-state index in [1.165, 1.54) is 0 Å². The highest BCUT2D eigenvalue weighted by Gasteiger charge is 2.33. The third-order valence-electron chi connectivity index (χ3n) is 10.3. The lowest BCUT2D eigenvalue weighted by Gasteiger charge is -2.17. The maximum Gasteiger partial charge on any atom is 0.338 e. The number of carboxylic acid groups (broad SMARTS) is 2. The van der Waals surface area contributed by atoms with Gasteiger partial charge in [0.15, 0.2) is 0 Å². The van der Waals surface area contributed by atoms with Gasteiger partial charge in [0, 0.05) is 64.7 Å². The number of hydrogen-bond acceptors (Lipinski definition) is 6.